The van der Waals surface area contributed by atoms with Gasteiger partial charge in [-0.25, -0.2) is 0 Å². The molecule has 0 unspecified atom stereocenters. The van der Waals surface area contributed by atoms with Gasteiger partial charge in [-0.3, -0.25) is 9.59 Å². The molecule has 0 atom stereocenters. The largest absolute Gasteiger partial charge is 0.377 e. The molecular weight excluding hydrogens is 430 g/mol. The van der Waals surface area contributed by atoms with Crippen molar-refractivity contribution in [2.24, 2.45) is 5.41 Å². The van der Waals surface area contributed by atoms with Crippen LogP contribution in [0.5, 0.6) is 0 Å². The van der Waals surface area contributed by atoms with Gasteiger partial charge in [0, 0.05) is 45.0 Å². The zero-order valence-corrected chi connectivity index (χ0v) is 20.9. The molecule has 1 aromatic heterocycles. The van der Waals surface area contributed by atoms with Gasteiger partial charge < -0.3 is 15.1 Å². The topological polar surface area (TPSA) is 52.7 Å². The fourth-order valence-electron chi connectivity index (χ4n) is 3.68. The molecule has 2 amide bonds. The molecule has 3 rings (SSSR count). The lowest BCUT2D eigenvalue weighted by Gasteiger charge is -2.26. The van der Waals surface area contributed by atoms with Crippen molar-refractivity contribution in [2.45, 2.75) is 40.3 Å². The van der Waals surface area contributed by atoms with Crippen LogP contribution in [-0.4, -0.2) is 30.8 Å². The van der Waals surface area contributed by atoms with Gasteiger partial charge >= 0.3 is 0 Å². The molecule has 0 aliphatic carbocycles. The van der Waals surface area contributed by atoms with Crippen molar-refractivity contribution in [2.75, 3.05) is 24.3 Å². The molecule has 0 aliphatic heterocycles. The van der Waals surface area contributed by atoms with Gasteiger partial charge in [0.05, 0.1) is 4.88 Å². The first kappa shape index (κ1) is 24.5. The number of carbonyl (C=O) groups is 2. The number of anilines is 2. The monoisotopic (exact) mass is 463 g/mol. The van der Waals surface area contributed by atoms with E-state index < -0.39 is 0 Å². The van der Waals surface area contributed by atoms with Crippen LogP contribution in [0.2, 0.25) is 0 Å². The Bertz CT molecular complexity index is 1070. The number of carbonyl (C=O) groups excluding carboxylic acids is 2. The third-order valence-corrected chi connectivity index (χ3v) is 5.99. The van der Waals surface area contributed by atoms with Gasteiger partial charge in [0.25, 0.3) is 5.91 Å². The van der Waals surface area contributed by atoms with E-state index in [0.29, 0.717) is 24.4 Å². The van der Waals surface area contributed by atoms with Gasteiger partial charge in [-0.15, -0.1) is 11.3 Å². The van der Waals surface area contributed by atoms with Crippen LogP contribution in [0.1, 0.15) is 48.0 Å². The van der Waals surface area contributed by atoms with Crippen molar-refractivity contribution in [1.82, 2.24) is 4.90 Å². The molecule has 5 nitrogen and oxygen atoms in total. The zero-order valence-electron chi connectivity index (χ0n) is 20.1. The Morgan fingerprint density at radius 1 is 0.939 bits per heavy atom. The number of hydrogen-bond donors (Lipinski definition) is 1. The van der Waals surface area contributed by atoms with E-state index in [1.807, 2.05) is 111 Å². The van der Waals surface area contributed by atoms with Crippen LogP contribution in [0, 0.1) is 5.41 Å². The summed E-state index contributed by atoms with van der Waals surface area (Å²) in [4.78, 5) is 30.5. The Kier molecular flexibility index (Phi) is 7.92. The minimum atomic E-state index is -0.0872. The van der Waals surface area contributed by atoms with Crippen LogP contribution in [0.25, 0.3) is 0 Å². The van der Waals surface area contributed by atoms with Crippen LogP contribution >= 0.6 is 11.3 Å². The van der Waals surface area contributed by atoms with Gasteiger partial charge in [-0.1, -0.05) is 57.2 Å². The molecule has 0 saturated carbocycles. The van der Waals surface area contributed by atoms with E-state index in [1.54, 1.807) is 0 Å². The summed E-state index contributed by atoms with van der Waals surface area (Å²) in [5.41, 5.74) is 3.72. The molecule has 6 heteroatoms. The molecule has 0 aliphatic rings. The highest BCUT2D eigenvalue weighted by Crippen LogP contribution is 2.27. The third kappa shape index (κ3) is 7.19. The van der Waals surface area contributed by atoms with E-state index in [0.717, 1.165) is 22.5 Å². The van der Waals surface area contributed by atoms with Crippen molar-refractivity contribution >= 4 is 34.5 Å². The smallest absolute Gasteiger partial charge is 0.264 e. The second-order valence-corrected chi connectivity index (χ2v) is 10.6. The summed E-state index contributed by atoms with van der Waals surface area (Å²) < 4.78 is 0. The molecule has 0 spiro atoms. The summed E-state index contributed by atoms with van der Waals surface area (Å²) in [7, 11) is 3.97. The molecule has 33 heavy (non-hydrogen) atoms. The van der Waals surface area contributed by atoms with Gasteiger partial charge in [0.1, 0.15) is 0 Å². The highest BCUT2D eigenvalue weighted by Gasteiger charge is 2.21. The third-order valence-electron chi connectivity index (χ3n) is 5.13. The van der Waals surface area contributed by atoms with E-state index in [4.69, 9.17) is 0 Å². The number of thiophene rings is 1. The van der Waals surface area contributed by atoms with Crippen molar-refractivity contribution in [3.8, 4) is 0 Å². The molecule has 0 radical (unpaired) electrons. The number of rotatable bonds is 8. The molecule has 2 aromatic carbocycles. The summed E-state index contributed by atoms with van der Waals surface area (Å²) in [5.74, 6) is -0.0115. The molecule has 0 fully saturated rings. The number of amides is 2. The van der Waals surface area contributed by atoms with Crippen LogP contribution in [-0.2, 0) is 17.9 Å². The maximum atomic E-state index is 13.4. The minimum Gasteiger partial charge on any atom is -0.377 e. The summed E-state index contributed by atoms with van der Waals surface area (Å²) in [6.07, 6.45) is 0.439. The highest BCUT2D eigenvalue weighted by atomic mass is 32.1. The van der Waals surface area contributed by atoms with E-state index in [2.05, 4.69) is 5.32 Å². The van der Waals surface area contributed by atoms with Gasteiger partial charge in [-0.05, 0) is 46.2 Å². The Labute approximate surface area is 201 Å². The van der Waals surface area contributed by atoms with Crippen LogP contribution in [0.3, 0.4) is 0 Å². The Hall–Kier alpha value is -3.12. The Morgan fingerprint density at radius 2 is 1.67 bits per heavy atom. The van der Waals surface area contributed by atoms with E-state index >= 15 is 0 Å². The first-order valence-electron chi connectivity index (χ1n) is 11.1. The summed E-state index contributed by atoms with van der Waals surface area (Å²) in [6, 6.07) is 19.7. The fourth-order valence-corrected chi connectivity index (χ4v) is 4.37. The van der Waals surface area contributed by atoms with Crippen molar-refractivity contribution in [3.05, 3.63) is 82.0 Å². The molecular formula is C27H33N3O2S. The lowest BCUT2D eigenvalue weighted by atomic mass is 9.92. The number of nitrogens with one attached hydrogen (secondary N) is 1. The molecule has 1 N–H and O–H groups in total. The summed E-state index contributed by atoms with van der Waals surface area (Å²) in [6.45, 7) is 7.08. The van der Waals surface area contributed by atoms with Crippen molar-refractivity contribution in [3.63, 3.8) is 0 Å². The molecule has 174 valence electrons. The van der Waals surface area contributed by atoms with Crippen LogP contribution in [0.15, 0.2) is 66.0 Å². The number of benzene rings is 2. The van der Waals surface area contributed by atoms with Crippen LogP contribution in [0.4, 0.5) is 11.4 Å². The second kappa shape index (κ2) is 10.7. The van der Waals surface area contributed by atoms with Gasteiger partial charge in [0.15, 0.2) is 0 Å². The minimum absolute atomic E-state index is 0.000676. The SMILES string of the molecule is CN(C)c1ccc(NC(=O)CC(C)(C)C)cc1CN(Cc1ccccc1)C(=O)c1cccs1. The summed E-state index contributed by atoms with van der Waals surface area (Å²) >= 11 is 1.45. The first-order chi connectivity index (χ1) is 15.6. The lowest BCUT2D eigenvalue weighted by molar-refractivity contribution is -0.117. The van der Waals surface area contributed by atoms with Gasteiger partial charge in [0.2, 0.25) is 5.91 Å². The molecule has 1 heterocycles. The first-order valence-corrected chi connectivity index (χ1v) is 12.0. The standard InChI is InChI=1S/C27H33N3O2S/c1-27(2,3)17-25(31)28-22-13-14-23(29(4)5)21(16-22)19-30(18-20-10-7-6-8-11-20)26(32)24-12-9-15-33-24/h6-16H,17-19H2,1-5H3,(H,28,31). The fraction of sp³-hybridized carbons (Fsp3) is 0.333. The predicted octanol–water partition coefficient (Wildman–Crippen LogP) is 6.03. The maximum absolute atomic E-state index is 13.4. The quantitative estimate of drug-likeness (QED) is 0.444. The lowest BCUT2D eigenvalue weighted by Crippen LogP contribution is -2.30. The van der Waals surface area contributed by atoms with Crippen molar-refractivity contribution in [1.29, 1.82) is 0 Å². The van der Waals surface area contributed by atoms with E-state index in [9.17, 15) is 9.59 Å². The van der Waals surface area contributed by atoms with E-state index in [1.165, 1.54) is 11.3 Å². The second-order valence-electron chi connectivity index (χ2n) is 9.65. The Morgan fingerprint density at radius 3 is 2.27 bits per heavy atom. The summed E-state index contributed by atoms with van der Waals surface area (Å²) in [5, 5.41) is 4.95. The number of hydrogen-bond acceptors (Lipinski definition) is 4. The normalized spacial score (nSPS) is 11.2. The molecule has 3 aromatic rings. The van der Waals surface area contributed by atoms with Crippen LogP contribution < -0.4 is 10.2 Å². The molecule has 0 bridgehead atoms. The van der Waals surface area contributed by atoms with Crippen molar-refractivity contribution < 1.29 is 9.59 Å². The average molecular weight is 464 g/mol. The maximum Gasteiger partial charge on any atom is 0.264 e. The highest BCUT2D eigenvalue weighted by molar-refractivity contribution is 7.12. The van der Waals surface area contributed by atoms with Gasteiger partial charge in [-0.2, -0.15) is 0 Å². The Balaban J connectivity index is 1.91. The average Bonchev–Trinajstić information content (AvgIpc) is 3.27. The molecule has 0 saturated heterocycles. The number of nitrogens with zero attached hydrogens (tertiary/aromatic N) is 2. The predicted molar refractivity (Wildman–Crippen MR) is 138 cm³/mol. The zero-order chi connectivity index (χ0) is 24.0. The van der Waals surface area contributed by atoms with E-state index in [-0.39, 0.29) is 17.2 Å².